The Morgan fingerprint density at radius 1 is 1.19 bits per heavy atom. The van der Waals surface area contributed by atoms with Gasteiger partial charge in [-0.05, 0) is 38.6 Å². The van der Waals surface area contributed by atoms with Crippen LogP contribution < -0.4 is 4.74 Å². The highest BCUT2D eigenvalue weighted by atomic mass is 32.2. The van der Waals surface area contributed by atoms with Crippen LogP contribution in [0, 0.1) is 6.92 Å². The highest BCUT2D eigenvalue weighted by molar-refractivity contribution is 7.89. The lowest BCUT2D eigenvalue weighted by molar-refractivity contribution is 0.196. The van der Waals surface area contributed by atoms with Crippen molar-refractivity contribution in [2.75, 3.05) is 39.3 Å². The summed E-state index contributed by atoms with van der Waals surface area (Å²) < 4.78 is 33.4. The number of likely N-dealkylation sites (N-methyl/N-ethyl adjacent to an activating group) is 1. The lowest BCUT2D eigenvalue weighted by Crippen LogP contribution is -2.48. The molecule has 0 amide bonds. The average molecular weight is 378 g/mol. The molecule has 7 nitrogen and oxygen atoms in total. The van der Waals surface area contributed by atoms with Gasteiger partial charge in [-0.15, -0.1) is 0 Å². The topological polar surface area (TPSA) is 78.5 Å². The summed E-state index contributed by atoms with van der Waals surface area (Å²) in [6.07, 6.45) is 1.72. The zero-order valence-electron chi connectivity index (χ0n) is 15.5. The molecular formula is C18H26N4O3S. The monoisotopic (exact) mass is 378 g/mol. The molecule has 1 aromatic carbocycles. The lowest BCUT2D eigenvalue weighted by atomic mass is 10.2. The van der Waals surface area contributed by atoms with E-state index in [1.165, 1.54) is 0 Å². The van der Waals surface area contributed by atoms with E-state index < -0.39 is 10.0 Å². The number of piperazine rings is 1. The van der Waals surface area contributed by atoms with Crippen molar-refractivity contribution >= 4 is 10.0 Å². The van der Waals surface area contributed by atoms with Crippen LogP contribution in [0.3, 0.4) is 0 Å². The third kappa shape index (κ3) is 3.77. The molecule has 1 aliphatic rings. The van der Waals surface area contributed by atoms with Gasteiger partial charge in [0.05, 0.1) is 17.1 Å². The largest absolute Gasteiger partial charge is 0.493 e. The number of aromatic nitrogens is 2. The average Bonchev–Trinajstić information content (AvgIpc) is 3.08. The Kier molecular flexibility index (Phi) is 5.64. The Morgan fingerprint density at radius 3 is 2.50 bits per heavy atom. The second-order valence-electron chi connectivity index (χ2n) is 6.34. The van der Waals surface area contributed by atoms with Crippen LogP contribution in [0.15, 0.2) is 29.3 Å². The molecule has 1 fully saturated rings. The van der Waals surface area contributed by atoms with E-state index >= 15 is 0 Å². The minimum atomic E-state index is -3.54. The third-order valence-corrected chi connectivity index (χ3v) is 6.52. The summed E-state index contributed by atoms with van der Waals surface area (Å²) in [6.45, 7) is 9.88. The molecule has 2 heterocycles. The summed E-state index contributed by atoms with van der Waals surface area (Å²) in [5, 5.41) is 0. The molecule has 0 radical (unpaired) electrons. The van der Waals surface area contributed by atoms with E-state index in [1.807, 2.05) is 13.8 Å². The summed E-state index contributed by atoms with van der Waals surface area (Å²) in [6, 6.07) is 4.99. The van der Waals surface area contributed by atoms with Gasteiger partial charge in [-0.1, -0.05) is 6.92 Å². The Morgan fingerprint density at radius 2 is 1.92 bits per heavy atom. The van der Waals surface area contributed by atoms with Crippen LogP contribution in [-0.2, 0) is 10.0 Å². The number of imidazole rings is 1. The fourth-order valence-electron chi connectivity index (χ4n) is 3.12. The number of H-pyrrole nitrogens is 1. The van der Waals surface area contributed by atoms with E-state index in [9.17, 15) is 8.42 Å². The van der Waals surface area contributed by atoms with E-state index in [4.69, 9.17) is 4.74 Å². The highest BCUT2D eigenvalue weighted by Gasteiger charge is 2.29. The maximum absolute atomic E-state index is 13.1. The van der Waals surface area contributed by atoms with Gasteiger partial charge in [0.1, 0.15) is 11.6 Å². The second-order valence-corrected chi connectivity index (χ2v) is 8.28. The van der Waals surface area contributed by atoms with E-state index in [0.29, 0.717) is 36.8 Å². The predicted molar refractivity (Wildman–Crippen MR) is 101 cm³/mol. The fourth-order valence-corrected chi connectivity index (χ4v) is 4.57. The lowest BCUT2D eigenvalue weighted by Gasteiger charge is -2.33. The molecule has 1 aromatic heterocycles. The van der Waals surface area contributed by atoms with Gasteiger partial charge < -0.3 is 14.6 Å². The fraction of sp³-hybridized carbons (Fsp3) is 0.500. The molecule has 0 unspecified atom stereocenters. The summed E-state index contributed by atoms with van der Waals surface area (Å²) in [5.41, 5.74) is 1.57. The number of benzene rings is 1. The first-order valence-corrected chi connectivity index (χ1v) is 10.4. The summed E-state index contributed by atoms with van der Waals surface area (Å²) in [7, 11) is -3.54. The molecule has 1 N–H and O–H groups in total. The molecule has 0 aliphatic carbocycles. The van der Waals surface area contributed by atoms with Crippen LogP contribution in [0.2, 0.25) is 0 Å². The van der Waals surface area contributed by atoms with Crippen LogP contribution in [0.25, 0.3) is 11.4 Å². The van der Waals surface area contributed by atoms with Crippen molar-refractivity contribution < 1.29 is 13.2 Å². The molecule has 8 heteroatoms. The Bertz CT molecular complexity index is 855. The van der Waals surface area contributed by atoms with E-state index in [0.717, 1.165) is 25.3 Å². The molecular weight excluding hydrogens is 352 g/mol. The van der Waals surface area contributed by atoms with Crippen molar-refractivity contribution in [1.29, 1.82) is 0 Å². The second kappa shape index (κ2) is 7.77. The number of hydrogen-bond acceptors (Lipinski definition) is 5. The van der Waals surface area contributed by atoms with Gasteiger partial charge in [-0.25, -0.2) is 13.4 Å². The molecule has 0 atom stereocenters. The Labute approximate surface area is 155 Å². The summed E-state index contributed by atoms with van der Waals surface area (Å²) >= 11 is 0. The molecule has 0 spiro atoms. The van der Waals surface area contributed by atoms with Crippen LogP contribution in [0.1, 0.15) is 19.5 Å². The third-order valence-electron chi connectivity index (χ3n) is 4.63. The summed E-state index contributed by atoms with van der Waals surface area (Å²) in [4.78, 5) is 10.0. The van der Waals surface area contributed by atoms with Crippen LogP contribution in [0.5, 0.6) is 5.75 Å². The SMILES string of the molecule is CCOc1ccc(S(=O)(=O)N2CCN(CC)CC2)cc1-c1ncc(C)[nH]1. The number of nitrogens with one attached hydrogen (secondary N) is 1. The molecule has 3 rings (SSSR count). The number of rotatable bonds is 6. The van der Waals surface area contributed by atoms with Gasteiger partial charge in [0.25, 0.3) is 0 Å². The van der Waals surface area contributed by atoms with E-state index in [1.54, 1.807) is 28.7 Å². The van der Waals surface area contributed by atoms with Crippen LogP contribution in [-0.4, -0.2) is 66.9 Å². The van der Waals surface area contributed by atoms with Gasteiger partial charge in [0.15, 0.2) is 0 Å². The number of ether oxygens (including phenoxy) is 1. The minimum Gasteiger partial charge on any atom is -0.493 e. The van der Waals surface area contributed by atoms with Crippen molar-refractivity contribution in [3.8, 4) is 17.1 Å². The number of hydrogen-bond donors (Lipinski definition) is 1. The van der Waals surface area contributed by atoms with Crippen LogP contribution >= 0.6 is 0 Å². The van der Waals surface area contributed by atoms with Gasteiger partial charge in [-0.2, -0.15) is 4.31 Å². The van der Waals surface area contributed by atoms with E-state index in [2.05, 4.69) is 21.8 Å². The molecule has 2 aromatic rings. The van der Waals surface area contributed by atoms with Gasteiger partial charge in [0, 0.05) is 38.1 Å². The quantitative estimate of drug-likeness (QED) is 0.833. The number of aryl methyl sites for hydroxylation is 1. The molecule has 1 saturated heterocycles. The van der Waals surface area contributed by atoms with Crippen molar-refractivity contribution in [3.05, 3.63) is 30.1 Å². The smallest absolute Gasteiger partial charge is 0.243 e. The normalized spacial score (nSPS) is 16.7. The molecule has 0 saturated carbocycles. The number of aromatic amines is 1. The maximum atomic E-state index is 13.1. The zero-order valence-corrected chi connectivity index (χ0v) is 16.3. The first-order chi connectivity index (χ1) is 12.5. The molecule has 142 valence electrons. The van der Waals surface area contributed by atoms with Crippen LogP contribution in [0.4, 0.5) is 0 Å². The predicted octanol–water partition coefficient (Wildman–Crippen LogP) is 2.11. The minimum absolute atomic E-state index is 0.273. The summed E-state index contributed by atoms with van der Waals surface area (Å²) in [5.74, 6) is 1.23. The van der Waals surface area contributed by atoms with Crippen molar-refractivity contribution in [2.24, 2.45) is 0 Å². The maximum Gasteiger partial charge on any atom is 0.243 e. The number of nitrogens with zero attached hydrogens (tertiary/aromatic N) is 3. The first-order valence-electron chi connectivity index (χ1n) is 8.97. The van der Waals surface area contributed by atoms with Crippen molar-refractivity contribution in [1.82, 2.24) is 19.2 Å². The zero-order chi connectivity index (χ0) is 18.7. The van der Waals surface area contributed by atoms with Gasteiger partial charge >= 0.3 is 0 Å². The first kappa shape index (κ1) is 18.9. The van der Waals surface area contributed by atoms with Crippen molar-refractivity contribution in [3.63, 3.8) is 0 Å². The Hall–Kier alpha value is -1.90. The molecule has 1 aliphatic heterocycles. The van der Waals surface area contributed by atoms with E-state index in [-0.39, 0.29) is 4.90 Å². The Balaban J connectivity index is 1.95. The van der Waals surface area contributed by atoms with Gasteiger partial charge in [-0.3, -0.25) is 0 Å². The van der Waals surface area contributed by atoms with Gasteiger partial charge in [0.2, 0.25) is 10.0 Å². The molecule has 0 bridgehead atoms. The van der Waals surface area contributed by atoms with Crippen molar-refractivity contribution in [2.45, 2.75) is 25.7 Å². The standard InChI is InChI=1S/C18H26N4O3S/c1-4-21-8-10-22(11-9-21)26(23,24)15-6-7-17(25-5-2)16(12-15)18-19-13-14(3)20-18/h6-7,12-13H,4-5,8-11H2,1-3H3,(H,19,20). The highest BCUT2D eigenvalue weighted by Crippen LogP contribution is 2.32. The molecule has 26 heavy (non-hydrogen) atoms. The number of sulfonamides is 1.